The fraction of sp³-hybridized carbons (Fsp3) is 0.429. The third kappa shape index (κ3) is 4.59. The second kappa shape index (κ2) is 9.61. The molecule has 6 rings (SSSR count). The summed E-state index contributed by atoms with van der Waals surface area (Å²) in [5.41, 5.74) is 3.04. The maximum Gasteiger partial charge on any atom is 0.471 e. The molecule has 210 valence electrons. The topological polar surface area (TPSA) is 108 Å². The van der Waals surface area contributed by atoms with Gasteiger partial charge in [-0.1, -0.05) is 18.2 Å². The number of piperidine rings is 2. The van der Waals surface area contributed by atoms with Crippen molar-refractivity contribution in [2.75, 3.05) is 25.0 Å². The molecule has 12 heteroatoms. The highest BCUT2D eigenvalue weighted by Crippen LogP contribution is 2.49. The van der Waals surface area contributed by atoms with Gasteiger partial charge in [0, 0.05) is 40.8 Å². The van der Waals surface area contributed by atoms with Crippen molar-refractivity contribution in [2.24, 2.45) is 0 Å². The smallest absolute Gasteiger partial charge is 0.471 e. The Morgan fingerprint density at radius 3 is 2.62 bits per heavy atom. The highest BCUT2D eigenvalue weighted by atomic mass is 19.4. The van der Waals surface area contributed by atoms with Gasteiger partial charge in [-0.25, -0.2) is 0 Å². The number of halogens is 3. The van der Waals surface area contributed by atoms with Crippen LogP contribution in [-0.4, -0.2) is 65.3 Å². The number of fused-ring (bicyclic) bond motifs is 4. The molecule has 0 radical (unpaired) electrons. The molecule has 9 nitrogen and oxygen atoms in total. The Bertz CT molecular complexity index is 1420. The van der Waals surface area contributed by atoms with Crippen LogP contribution in [0.15, 0.2) is 36.4 Å². The van der Waals surface area contributed by atoms with E-state index in [9.17, 15) is 32.3 Å². The van der Waals surface area contributed by atoms with Crippen molar-refractivity contribution in [3.63, 3.8) is 0 Å². The number of benzene rings is 2. The summed E-state index contributed by atoms with van der Waals surface area (Å²) >= 11 is 0. The molecule has 2 N–H and O–H groups in total. The zero-order valence-electron chi connectivity index (χ0n) is 21.5. The highest BCUT2D eigenvalue weighted by Gasteiger charge is 2.47. The minimum atomic E-state index is -4.95. The molecule has 4 aliphatic heterocycles. The number of likely N-dealkylation sites (tertiary alicyclic amines) is 1. The summed E-state index contributed by atoms with van der Waals surface area (Å²) < 4.78 is 44.0. The lowest BCUT2D eigenvalue weighted by Gasteiger charge is -2.38. The van der Waals surface area contributed by atoms with Gasteiger partial charge in [-0.3, -0.25) is 29.4 Å². The Kier molecular flexibility index (Phi) is 6.32. The lowest BCUT2D eigenvalue weighted by Crippen LogP contribution is -2.52. The largest absolute Gasteiger partial charge is 0.492 e. The Labute approximate surface area is 227 Å². The number of imide groups is 1. The van der Waals surface area contributed by atoms with Gasteiger partial charge in [-0.2, -0.15) is 13.2 Å². The third-order valence-corrected chi connectivity index (χ3v) is 8.39. The Morgan fingerprint density at radius 2 is 1.90 bits per heavy atom. The Morgan fingerprint density at radius 1 is 1.12 bits per heavy atom. The normalized spacial score (nSPS) is 22.1. The molecule has 40 heavy (non-hydrogen) atoms. The van der Waals surface area contributed by atoms with Crippen molar-refractivity contribution in [1.29, 1.82) is 0 Å². The van der Waals surface area contributed by atoms with E-state index in [-0.39, 0.29) is 35.9 Å². The Balaban J connectivity index is 1.13. The predicted molar refractivity (Wildman–Crippen MR) is 135 cm³/mol. The van der Waals surface area contributed by atoms with Crippen LogP contribution in [0.3, 0.4) is 0 Å². The maximum atomic E-state index is 13.2. The van der Waals surface area contributed by atoms with Crippen molar-refractivity contribution in [2.45, 2.75) is 56.4 Å². The lowest BCUT2D eigenvalue weighted by molar-refractivity contribution is -0.167. The van der Waals surface area contributed by atoms with Crippen molar-refractivity contribution < 1.29 is 37.1 Å². The monoisotopic (exact) mass is 556 g/mol. The minimum Gasteiger partial charge on any atom is -0.492 e. The van der Waals surface area contributed by atoms with E-state index in [0.717, 1.165) is 42.6 Å². The van der Waals surface area contributed by atoms with E-state index in [1.54, 1.807) is 12.1 Å². The maximum absolute atomic E-state index is 13.2. The molecule has 1 atom stereocenters. The summed E-state index contributed by atoms with van der Waals surface area (Å²) in [6.45, 7) is 2.74. The van der Waals surface area contributed by atoms with Crippen LogP contribution in [0.4, 0.5) is 18.9 Å². The van der Waals surface area contributed by atoms with E-state index in [4.69, 9.17) is 4.74 Å². The quantitative estimate of drug-likeness (QED) is 0.561. The standard InChI is InChI=1S/C28H27F3N4O5/c29-28(30,31)26(39)32-17-3-1-2-16(12-17)13-34-10-8-27(9-11-34)15-40-23-19-14-35(21-6-7-22(36)33-24(21)37)25(38)18(19)4-5-20(23)27/h1-5,12,21H,6-11,13-15H2,(H,32,39)(H,33,36,37)/t21-/m0/s1. The second-order valence-corrected chi connectivity index (χ2v) is 10.9. The number of hydrogen-bond donors (Lipinski definition) is 2. The van der Waals surface area contributed by atoms with E-state index in [1.165, 1.54) is 11.0 Å². The van der Waals surface area contributed by atoms with Gasteiger partial charge < -0.3 is 15.0 Å². The number of alkyl halides is 3. The first-order chi connectivity index (χ1) is 19.0. The zero-order chi connectivity index (χ0) is 28.2. The van der Waals surface area contributed by atoms with Crippen LogP contribution in [0.2, 0.25) is 0 Å². The molecule has 0 aromatic heterocycles. The summed E-state index contributed by atoms with van der Waals surface area (Å²) in [4.78, 5) is 52.1. The first-order valence-corrected chi connectivity index (χ1v) is 13.2. The minimum absolute atomic E-state index is 0.0983. The van der Waals surface area contributed by atoms with Crippen LogP contribution in [-0.2, 0) is 32.9 Å². The fourth-order valence-electron chi connectivity index (χ4n) is 6.24. The summed E-state index contributed by atoms with van der Waals surface area (Å²) in [6.07, 6.45) is -2.86. The molecule has 4 amide bonds. The zero-order valence-corrected chi connectivity index (χ0v) is 21.5. The van der Waals surface area contributed by atoms with Gasteiger partial charge >= 0.3 is 12.1 Å². The second-order valence-electron chi connectivity index (χ2n) is 10.9. The van der Waals surface area contributed by atoms with Crippen LogP contribution in [0.1, 0.15) is 52.7 Å². The molecule has 4 heterocycles. The van der Waals surface area contributed by atoms with E-state index < -0.39 is 24.0 Å². The number of ether oxygens (including phenoxy) is 1. The molecule has 0 bridgehead atoms. The van der Waals surface area contributed by atoms with Crippen LogP contribution in [0.5, 0.6) is 5.75 Å². The SMILES string of the molecule is O=C1CC[C@H](N2Cc3c(ccc4c3OCC43CCN(Cc4cccc(NC(=O)C(F)(F)F)c4)CC3)C2=O)C(=O)N1. The van der Waals surface area contributed by atoms with Crippen molar-refractivity contribution in [1.82, 2.24) is 15.1 Å². The van der Waals surface area contributed by atoms with Crippen LogP contribution in [0, 0.1) is 0 Å². The number of nitrogens with zero attached hydrogens (tertiary/aromatic N) is 2. The Hall–Kier alpha value is -3.93. The summed E-state index contributed by atoms with van der Waals surface area (Å²) in [5.74, 6) is -2.31. The average Bonchev–Trinajstić information content (AvgIpc) is 3.43. The van der Waals surface area contributed by atoms with Gasteiger partial charge in [-0.05, 0) is 56.1 Å². The van der Waals surface area contributed by atoms with Gasteiger partial charge in [0.25, 0.3) is 5.91 Å². The van der Waals surface area contributed by atoms with Gasteiger partial charge in [-0.15, -0.1) is 0 Å². The van der Waals surface area contributed by atoms with Crippen LogP contribution < -0.4 is 15.4 Å². The molecular formula is C28H27F3N4O5. The average molecular weight is 557 g/mol. The van der Waals surface area contributed by atoms with E-state index in [1.807, 2.05) is 23.5 Å². The summed E-state index contributed by atoms with van der Waals surface area (Å²) in [5, 5.41) is 4.22. The van der Waals surface area contributed by atoms with Crippen molar-refractivity contribution in [3.05, 3.63) is 58.7 Å². The fourth-order valence-corrected chi connectivity index (χ4v) is 6.24. The molecule has 1 spiro atoms. The predicted octanol–water partition coefficient (Wildman–Crippen LogP) is 2.87. The number of hydrogen-bond acceptors (Lipinski definition) is 6. The molecule has 2 fully saturated rings. The highest BCUT2D eigenvalue weighted by molar-refractivity contribution is 6.05. The van der Waals surface area contributed by atoms with Crippen molar-refractivity contribution in [3.8, 4) is 5.75 Å². The summed E-state index contributed by atoms with van der Waals surface area (Å²) in [6, 6.07) is 9.49. The third-order valence-electron chi connectivity index (χ3n) is 8.39. The first kappa shape index (κ1) is 26.3. The molecular weight excluding hydrogens is 529 g/mol. The van der Waals surface area contributed by atoms with Crippen LogP contribution in [0.25, 0.3) is 0 Å². The first-order valence-electron chi connectivity index (χ1n) is 13.2. The van der Waals surface area contributed by atoms with Crippen molar-refractivity contribution >= 4 is 29.3 Å². The number of anilines is 1. The van der Waals surface area contributed by atoms with Gasteiger partial charge in [0.05, 0.1) is 13.2 Å². The van der Waals surface area contributed by atoms with E-state index in [2.05, 4.69) is 10.2 Å². The van der Waals surface area contributed by atoms with E-state index >= 15 is 0 Å². The molecule has 4 aliphatic rings. The molecule has 0 aliphatic carbocycles. The van der Waals surface area contributed by atoms with Crippen LogP contribution >= 0.6 is 0 Å². The number of nitrogens with one attached hydrogen (secondary N) is 2. The van der Waals surface area contributed by atoms with E-state index in [0.29, 0.717) is 30.9 Å². The lowest BCUT2D eigenvalue weighted by atomic mass is 9.74. The molecule has 0 unspecified atom stereocenters. The molecule has 0 saturated carbocycles. The molecule has 2 aromatic rings. The number of amides is 4. The number of carbonyl (C=O) groups excluding carboxylic acids is 4. The van der Waals surface area contributed by atoms with Gasteiger partial charge in [0.15, 0.2) is 0 Å². The summed E-state index contributed by atoms with van der Waals surface area (Å²) in [7, 11) is 0. The number of rotatable bonds is 4. The van der Waals surface area contributed by atoms with Gasteiger partial charge in [0.2, 0.25) is 11.8 Å². The molecule has 2 aromatic carbocycles. The molecule has 2 saturated heterocycles. The van der Waals surface area contributed by atoms with Gasteiger partial charge in [0.1, 0.15) is 11.8 Å². The number of carbonyl (C=O) groups is 4.